The molecule has 5 rings (SSSR count). The van der Waals surface area contributed by atoms with Crippen LogP contribution in [0.4, 0.5) is 4.79 Å². The summed E-state index contributed by atoms with van der Waals surface area (Å²) in [6.45, 7) is 3.91. The first kappa shape index (κ1) is 23.5. The predicted octanol–water partition coefficient (Wildman–Crippen LogP) is 1.42. The van der Waals surface area contributed by atoms with Gasteiger partial charge in [0, 0.05) is 12.8 Å². The summed E-state index contributed by atoms with van der Waals surface area (Å²) in [5.41, 5.74) is 3.17. The summed E-state index contributed by atoms with van der Waals surface area (Å²) in [6.07, 6.45) is 2.13. The van der Waals surface area contributed by atoms with Crippen LogP contribution in [0, 0.1) is 0 Å². The van der Waals surface area contributed by atoms with Crippen LogP contribution in [0.15, 0.2) is 91.0 Å². The van der Waals surface area contributed by atoms with Gasteiger partial charge in [-0.2, -0.15) is 0 Å². The van der Waals surface area contributed by atoms with Gasteiger partial charge >= 0.3 is 6.03 Å². The Morgan fingerprint density at radius 1 is 0.909 bits per heavy atom. The van der Waals surface area contributed by atoms with E-state index in [1.54, 1.807) is 0 Å². The Kier molecular flexibility index (Phi) is 6.91. The molecule has 0 radical (unpaired) electrons. The first-order valence-corrected chi connectivity index (χ1v) is 11.7. The lowest BCUT2D eigenvalue weighted by Gasteiger charge is -2.32. The zero-order valence-corrected chi connectivity index (χ0v) is 20.7. The molecule has 1 N–H and O–H groups in total. The molecule has 5 heteroatoms. The van der Waals surface area contributed by atoms with Gasteiger partial charge in [-0.25, -0.2) is 4.79 Å². The van der Waals surface area contributed by atoms with Crippen LogP contribution in [-0.2, 0) is 12.0 Å². The van der Waals surface area contributed by atoms with Crippen LogP contribution >= 0.6 is 0 Å². The van der Waals surface area contributed by atoms with Crippen LogP contribution in [-0.4, -0.2) is 54.7 Å². The molecule has 0 saturated carbocycles. The van der Waals surface area contributed by atoms with Crippen molar-refractivity contribution in [1.82, 2.24) is 10.2 Å². The second-order valence-corrected chi connectivity index (χ2v) is 9.62. The van der Waals surface area contributed by atoms with Gasteiger partial charge in [-0.05, 0) is 16.7 Å². The Labute approximate surface area is 207 Å². The molecule has 2 amide bonds. The maximum Gasteiger partial charge on any atom is 0.319 e. The molecular formula is C28H32BrN3O. The Balaban J connectivity index is 0.00000259. The molecule has 2 heterocycles. The molecule has 2 atom stereocenters. The largest absolute Gasteiger partial charge is 1.00 e. The van der Waals surface area contributed by atoms with E-state index in [-0.39, 0.29) is 29.1 Å². The number of quaternary nitrogens is 1. The number of likely N-dealkylation sites (N-methyl/N-ethyl adjacent to an activating group) is 1. The standard InChI is InChI=1S/C28H31N3O.BrH/c1-31(19-17-23-11-5-2-6-12-23)20-18-26(21-31)30-22-28(29-27(30)32,24-13-7-3-8-14-24)25-15-9-4-10-16-25;/h2-16,26H,17-22H2,1H3;1H. The molecular weight excluding hydrogens is 474 g/mol. The highest BCUT2D eigenvalue weighted by Crippen LogP contribution is 2.37. The Morgan fingerprint density at radius 2 is 1.45 bits per heavy atom. The van der Waals surface area contributed by atoms with Crippen molar-refractivity contribution in [2.45, 2.75) is 24.4 Å². The Morgan fingerprint density at radius 3 is 2.03 bits per heavy atom. The smallest absolute Gasteiger partial charge is 0.319 e. The highest BCUT2D eigenvalue weighted by Gasteiger charge is 2.50. The maximum atomic E-state index is 13.3. The summed E-state index contributed by atoms with van der Waals surface area (Å²) in [5.74, 6) is 0. The van der Waals surface area contributed by atoms with Crippen molar-refractivity contribution in [3.63, 3.8) is 0 Å². The van der Waals surface area contributed by atoms with Gasteiger partial charge in [0.2, 0.25) is 0 Å². The zero-order chi connectivity index (χ0) is 22.0. The van der Waals surface area contributed by atoms with Gasteiger partial charge in [-0.1, -0.05) is 91.0 Å². The highest BCUT2D eigenvalue weighted by molar-refractivity contribution is 5.80. The van der Waals surface area contributed by atoms with E-state index in [0.717, 1.165) is 48.1 Å². The number of carbonyl (C=O) groups is 1. The van der Waals surface area contributed by atoms with E-state index in [0.29, 0.717) is 6.54 Å². The van der Waals surface area contributed by atoms with E-state index in [1.165, 1.54) is 5.56 Å². The average molecular weight is 506 g/mol. The minimum Gasteiger partial charge on any atom is -1.00 e. The van der Waals surface area contributed by atoms with Crippen molar-refractivity contribution in [1.29, 1.82) is 0 Å². The van der Waals surface area contributed by atoms with Crippen molar-refractivity contribution in [3.8, 4) is 0 Å². The Bertz CT molecular complexity index is 1020. The molecule has 172 valence electrons. The van der Waals surface area contributed by atoms with Crippen molar-refractivity contribution in [2.24, 2.45) is 0 Å². The molecule has 3 aromatic carbocycles. The summed E-state index contributed by atoms with van der Waals surface area (Å²) in [5, 5.41) is 3.39. The van der Waals surface area contributed by atoms with E-state index >= 15 is 0 Å². The van der Waals surface area contributed by atoms with Crippen molar-refractivity contribution in [3.05, 3.63) is 108 Å². The molecule has 2 saturated heterocycles. The lowest BCUT2D eigenvalue weighted by atomic mass is 9.83. The van der Waals surface area contributed by atoms with Crippen molar-refractivity contribution < 1.29 is 26.3 Å². The third-order valence-electron chi connectivity index (χ3n) is 7.40. The second kappa shape index (κ2) is 9.70. The highest BCUT2D eigenvalue weighted by atomic mass is 79.9. The topological polar surface area (TPSA) is 32.3 Å². The SMILES string of the molecule is C[N+]1(CCc2ccccc2)CCC(N2CC(c3ccccc3)(c3ccccc3)NC2=O)C1.[Br-]. The van der Waals surface area contributed by atoms with Crippen LogP contribution in [0.3, 0.4) is 0 Å². The number of benzene rings is 3. The maximum absolute atomic E-state index is 13.3. The van der Waals surface area contributed by atoms with Crippen LogP contribution in [0.2, 0.25) is 0 Å². The number of amides is 2. The number of hydrogen-bond acceptors (Lipinski definition) is 1. The van der Waals surface area contributed by atoms with Crippen molar-refractivity contribution in [2.75, 3.05) is 33.2 Å². The molecule has 33 heavy (non-hydrogen) atoms. The molecule has 0 spiro atoms. The number of likely N-dealkylation sites (tertiary alicyclic amines) is 1. The molecule has 3 aromatic rings. The third-order valence-corrected chi connectivity index (χ3v) is 7.40. The van der Waals surface area contributed by atoms with E-state index in [2.05, 4.69) is 96.1 Å². The number of hydrogen-bond donors (Lipinski definition) is 1. The molecule has 2 aliphatic heterocycles. The first-order chi connectivity index (χ1) is 15.6. The van der Waals surface area contributed by atoms with Crippen LogP contribution in [0.1, 0.15) is 23.1 Å². The molecule has 0 aliphatic carbocycles. The Hall–Kier alpha value is -2.63. The van der Waals surface area contributed by atoms with Crippen LogP contribution in [0.5, 0.6) is 0 Å². The van der Waals surface area contributed by atoms with Gasteiger partial charge in [0.05, 0.1) is 39.3 Å². The third kappa shape index (κ3) is 4.71. The number of carbonyl (C=O) groups excluding carboxylic acids is 1. The molecule has 2 unspecified atom stereocenters. The fourth-order valence-electron chi connectivity index (χ4n) is 5.51. The fraction of sp³-hybridized carbons (Fsp3) is 0.321. The lowest BCUT2D eigenvalue weighted by molar-refractivity contribution is -0.898. The van der Waals surface area contributed by atoms with Gasteiger partial charge in [-0.3, -0.25) is 0 Å². The van der Waals surface area contributed by atoms with Gasteiger partial charge < -0.3 is 31.7 Å². The van der Waals surface area contributed by atoms with E-state index < -0.39 is 5.54 Å². The van der Waals surface area contributed by atoms with Gasteiger partial charge in [0.25, 0.3) is 0 Å². The minimum atomic E-state index is -0.504. The predicted molar refractivity (Wildman–Crippen MR) is 128 cm³/mol. The number of halogens is 1. The van der Waals surface area contributed by atoms with Gasteiger partial charge in [-0.15, -0.1) is 0 Å². The summed E-state index contributed by atoms with van der Waals surface area (Å²) in [7, 11) is 2.35. The van der Waals surface area contributed by atoms with E-state index in [4.69, 9.17) is 0 Å². The fourth-order valence-corrected chi connectivity index (χ4v) is 5.51. The lowest BCUT2D eigenvalue weighted by Crippen LogP contribution is -3.00. The summed E-state index contributed by atoms with van der Waals surface area (Å²) in [4.78, 5) is 15.4. The molecule has 2 aliphatic rings. The number of nitrogens with one attached hydrogen (secondary N) is 1. The van der Waals surface area contributed by atoms with E-state index in [1.807, 2.05) is 12.1 Å². The van der Waals surface area contributed by atoms with Gasteiger partial charge in [0.15, 0.2) is 0 Å². The molecule has 0 bridgehead atoms. The molecule has 0 aromatic heterocycles. The second-order valence-electron chi connectivity index (χ2n) is 9.62. The summed E-state index contributed by atoms with van der Waals surface area (Å²) < 4.78 is 1.02. The number of nitrogens with zero attached hydrogens (tertiary/aromatic N) is 2. The van der Waals surface area contributed by atoms with Crippen LogP contribution < -0.4 is 22.3 Å². The first-order valence-electron chi connectivity index (χ1n) is 11.7. The molecule has 4 nitrogen and oxygen atoms in total. The van der Waals surface area contributed by atoms with Gasteiger partial charge in [0.1, 0.15) is 5.54 Å². The molecule has 2 fully saturated rings. The van der Waals surface area contributed by atoms with E-state index in [9.17, 15) is 4.79 Å². The minimum absolute atomic E-state index is 0. The number of urea groups is 1. The monoisotopic (exact) mass is 505 g/mol. The summed E-state index contributed by atoms with van der Waals surface area (Å²) in [6, 6.07) is 31.9. The summed E-state index contributed by atoms with van der Waals surface area (Å²) >= 11 is 0. The van der Waals surface area contributed by atoms with Crippen molar-refractivity contribution >= 4 is 6.03 Å². The average Bonchev–Trinajstić information content (AvgIpc) is 3.41. The number of rotatable bonds is 6. The van der Waals surface area contributed by atoms with Crippen LogP contribution in [0.25, 0.3) is 0 Å². The normalized spacial score (nSPS) is 23.7. The zero-order valence-electron chi connectivity index (χ0n) is 19.2. The quantitative estimate of drug-likeness (QED) is 0.505.